The molecular formula is C13H23N3. The zero-order valence-electron chi connectivity index (χ0n) is 10.8. The molecule has 0 aliphatic carbocycles. The van der Waals surface area contributed by atoms with Crippen LogP contribution in [-0.4, -0.2) is 35.6 Å². The lowest BCUT2D eigenvalue weighted by Gasteiger charge is -2.31. The number of nitrogens with zero attached hydrogens (tertiary/aromatic N) is 2. The zero-order valence-corrected chi connectivity index (χ0v) is 10.8. The van der Waals surface area contributed by atoms with Crippen LogP contribution in [0.5, 0.6) is 0 Å². The Kier molecular flexibility index (Phi) is 4.90. The first-order valence-electron chi connectivity index (χ1n) is 5.87. The van der Waals surface area contributed by atoms with Gasteiger partial charge in [0, 0.05) is 24.8 Å². The van der Waals surface area contributed by atoms with Crippen molar-refractivity contribution in [3.05, 3.63) is 30.1 Å². The molecule has 0 saturated carbocycles. The van der Waals surface area contributed by atoms with E-state index in [0.29, 0.717) is 0 Å². The van der Waals surface area contributed by atoms with Crippen molar-refractivity contribution < 1.29 is 0 Å². The van der Waals surface area contributed by atoms with Crippen molar-refractivity contribution in [3.8, 4) is 0 Å². The van der Waals surface area contributed by atoms with Crippen LogP contribution in [-0.2, 0) is 6.54 Å². The smallest absolute Gasteiger partial charge is 0.0543 e. The van der Waals surface area contributed by atoms with Crippen molar-refractivity contribution >= 4 is 0 Å². The second-order valence-electron chi connectivity index (χ2n) is 4.91. The summed E-state index contributed by atoms with van der Waals surface area (Å²) < 4.78 is 0. The topological polar surface area (TPSA) is 28.2 Å². The normalized spacial score (nSPS) is 12.1. The van der Waals surface area contributed by atoms with Crippen LogP contribution in [0, 0.1) is 0 Å². The minimum atomic E-state index is 0.151. The molecule has 3 nitrogen and oxygen atoms in total. The molecule has 0 amide bonds. The van der Waals surface area contributed by atoms with E-state index in [2.05, 4.69) is 49.1 Å². The zero-order chi connectivity index (χ0) is 12.0. The second-order valence-corrected chi connectivity index (χ2v) is 4.91. The largest absolute Gasteiger partial charge is 0.311 e. The van der Waals surface area contributed by atoms with Crippen LogP contribution in [0.1, 0.15) is 26.5 Å². The minimum Gasteiger partial charge on any atom is -0.311 e. The van der Waals surface area contributed by atoms with E-state index in [1.54, 1.807) is 0 Å². The standard InChI is InChI=1S/C13H23N3/c1-5-15-13(2,3)11-16(4)10-12-8-6-7-9-14-12/h6-9,15H,5,10-11H2,1-4H3. The molecule has 1 N–H and O–H groups in total. The number of aromatic nitrogens is 1. The monoisotopic (exact) mass is 221 g/mol. The first kappa shape index (κ1) is 13.1. The average molecular weight is 221 g/mol. The van der Waals surface area contributed by atoms with E-state index in [9.17, 15) is 0 Å². The summed E-state index contributed by atoms with van der Waals surface area (Å²) in [5.41, 5.74) is 1.27. The van der Waals surface area contributed by atoms with E-state index in [-0.39, 0.29) is 5.54 Å². The van der Waals surface area contributed by atoms with Crippen LogP contribution >= 0.6 is 0 Å². The van der Waals surface area contributed by atoms with E-state index in [4.69, 9.17) is 0 Å². The summed E-state index contributed by atoms with van der Waals surface area (Å²) >= 11 is 0. The molecule has 0 bridgehead atoms. The molecule has 3 heteroatoms. The van der Waals surface area contributed by atoms with Crippen molar-refractivity contribution in [1.29, 1.82) is 0 Å². The number of pyridine rings is 1. The summed E-state index contributed by atoms with van der Waals surface area (Å²) in [7, 11) is 2.13. The molecule has 0 aliphatic rings. The van der Waals surface area contributed by atoms with Crippen molar-refractivity contribution in [2.45, 2.75) is 32.9 Å². The molecule has 0 aliphatic heterocycles. The molecule has 1 heterocycles. The first-order valence-corrected chi connectivity index (χ1v) is 5.87. The summed E-state index contributed by atoms with van der Waals surface area (Å²) in [4.78, 5) is 6.63. The fourth-order valence-electron chi connectivity index (χ4n) is 2.03. The third kappa shape index (κ3) is 4.73. The first-order chi connectivity index (χ1) is 7.53. The van der Waals surface area contributed by atoms with Gasteiger partial charge in [-0.05, 0) is 39.6 Å². The number of hydrogen-bond donors (Lipinski definition) is 1. The van der Waals surface area contributed by atoms with Crippen LogP contribution in [0.4, 0.5) is 0 Å². The highest BCUT2D eigenvalue weighted by atomic mass is 15.1. The van der Waals surface area contributed by atoms with Crippen LogP contribution in [0.25, 0.3) is 0 Å². The Labute approximate surface area is 98.9 Å². The van der Waals surface area contributed by atoms with Gasteiger partial charge in [-0.3, -0.25) is 9.88 Å². The van der Waals surface area contributed by atoms with Gasteiger partial charge in [0.05, 0.1) is 5.69 Å². The molecule has 0 unspecified atom stereocenters. The predicted molar refractivity (Wildman–Crippen MR) is 68.3 cm³/mol. The molecule has 0 spiro atoms. The van der Waals surface area contributed by atoms with E-state index in [1.807, 2.05) is 18.3 Å². The second kappa shape index (κ2) is 5.97. The Balaban J connectivity index is 2.44. The number of rotatable bonds is 6. The van der Waals surface area contributed by atoms with Crippen LogP contribution < -0.4 is 5.32 Å². The maximum Gasteiger partial charge on any atom is 0.0543 e. The predicted octanol–water partition coefficient (Wildman–Crippen LogP) is 1.90. The van der Waals surface area contributed by atoms with Gasteiger partial charge in [-0.15, -0.1) is 0 Å². The van der Waals surface area contributed by atoms with Crippen LogP contribution in [0.3, 0.4) is 0 Å². The minimum absolute atomic E-state index is 0.151. The van der Waals surface area contributed by atoms with E-state index >= 15 is 0 Å². The number of likely N-dealkylation sites (N-methyl/N-ethyl adjacent to an activating group) is 2. The SMILES string of the molecule is CCNC(C)(C)CN(C)Cc1ccccn1. The summed E-state index contributed by atoms with van der Waals surface area (Å²) in [6.07, 6.45) is 1.85. The summed E-state index contributed by atoms with van der Waals surface area (Å²) in [5.74, 6) is 0. The lowest BCUT2D eigenvalue weighted by Crippen LogP contribution is -2.47. The fraction of sp³-hybridized carbons (Fsp3) is 0.615. The Bertz CT molecular complexity index is 295. The number of hydrogen-bond acceptors (Lipinski definition) is 3. The highest BCUT2D eigenvalue weighted by Crippen LogP contribution is 2.06. The summed E-state index contributed by atoms with van der Waals surface area (Å²) in [5, 5.41) is 3.48. The summed E-state index contributed by atoms with van der Waals surface area (Å²) in [6.45, 7) is 9.51. The molecule has 1 aromatic heterocycles. The quantitative estimate of drug-likeness (QED) is 0.795. The molecule has 0 fully saturated rings. The molecule has 1 aromatic rings. The van der Waals surface area contributed by atoms with Crippen molar-refractivity contribution in [2.75, 3.05) is 20.1 Å². The van der Waals surface area contributed by atoms with Gasteiger partial charge in [-0.1, -0.05) is 13.0 Å². The third-order valence-electron chi connectivity index (χ3n) is 2.48. The van der Waals surface area contributed by atoms with Gasteiger partial charge in [0.1, 0.15) is 0 Å². The van der Waals surface area contributed by atoms with Gasteiger partial charge >= 0.3 is 0 Å². The Hall–Kier alpha value is -0.930. The molecule has 0 aromatic carbocycles. The van der Waals surface area contributed by atoms with Crippen molar-refractivity contribution in [1.82, 2.24) is 15.2 Å². The van der Waals surface area contributed by atoms with Crippen LogP contribution in [0.15, 0.2) is 24.4 Å². The van der Waals surface area contributed by atoms with Gasteiger partial charge in [-0.25, -0.2) is 0 Å². The molecule has 1 rings (SSSR count). The van der Waals surface area contributed by atoms with E-state index < -0.39 is 0 Å². The lowest BCUT2D eigenvalue weighted by atomic mass is 10.1. The van der Waals surface area contributed by atoms with E-state index in [1.165, 1.54) is 0 Å². The van der Waals surface area contributed by atoms with Crippen LogP contribution in [0.2, 0.25) is 0 Å². The highest BCUT2D eigenvalue weighted by Gasteiger charge is 2.18. The highest BCUT2D eigenvalue weighted by molar-refractivity contribution is 5.03. The Morgan fingerprint density at radius 3 is 2.69 bits per heavy atom. The molecule has 16 heavy (non-hydrogen) atoms. The van der Waals surface area contributed by atoms with Gasteiger partial charge < -0.3 is 5.32 Å². The summed E-state index contributed by atoms with van der Waals surface area (Å²) in [6, 6.07) is 6.05. The van der Waals surface area contributed by atoms with Gasteiger partial charge in [0.2, 0.25) is 0 Å². The molecule has 90 valence electrons. The number of nitrogens with one attached hydrogen (secondary N) is 1. The average Bonchev–Trinajstić information content (AvgIpc) is 2.17. The molecule has 0 atom stereocenters. The maximum absolute atomic E-state index is 4.33. The third-order valence-corrected chi connectivity index (χ3v) is 2.48. The van der Waals surface area contributed by atoms with Crippen molar-refractivity contribution in [2.24, 2.45) is 0 Å². The lowest BCUT2D eigenvalue weighted by molar-refractivity contribution is 0.230. The molecular weight excluding hydrogens is 198 g/mol. The maximum atomic E-state index is 4.33. The molecule has 0 radical (unpaired) electrons. The van der Waals surface area contributed by atoms with Gasteiger partial charge in [0.15, 0.2) is 0 Å². The van der Waals surface area contributed by atoms with Gasteiger partial charge in [0.25, 0.3) is 0 Å². The fourth-order valence-corrected chi connectivity index (χ4v) is 2.03. The Morgan fingerprint density at radius 2 is 2.12 bits per heavy atom. The Morgan fingerprint density at radius 1 is 1.38 bits per heavy atom. The molecule has 0 saturated heterocycles. The van der Waals surface area contributed by atoms with E-state index in [0.717, 1.165) is 25.3 Å². The van der Waals surface area contributed by atoms with Gasteiger partial charge in [-0.2, -0.15) is 0 Å². The van der Waals surface area contributed by atoms with Crippen molar-refractivity contribution in [3.63, 3.8) is 0 Å².